The zero-order valence-electron chi connectivity index (χ0n) is 13.7. The number of halogens is 1. The molecule has 0 aliphatic carbocycles. The molecule has 3 rings (SSSR count). The van der Waals surface area contributed by atoms with E-state index in [-0.39, 0.29) is 11.9 Å². The number of ether oxygens (including phenoxy) is 2. The molecule has 0 saturated carbocycles. The Morgan fingerprint density at radius 2 is 1.83 bits per heavy atom. The quantitative estimate of drug-likeness (QED) is 0.795. The van der Waals surface area contributed by atoms with Crippen molar-refractivity contribution >= 4 is 21.8 Å². The lowest BCUT2D eigenvalue weighted by molar-refractivity contribution is 0.0735. The van der Waals surface area contributed by atoms with Gasteiger partial charge in [-0.05, 0) is 58.6 Å². The summed E-state index contributed by atoms with van der Waals surface area (Å²) in [6, 6.07) is 7.52. The third-order valence-electron chi connectivity index (χ3n) is 4.30. The van der Waals surface area contributed by atoms with Crippen LogP contribution in [-0.4, -0.2) is 36.6 Å². The number of hydrogen-bond acceptors (Lipinski definition) is 4. The van der Waals surface area contributed by atoms with Crippen LogP contribution in [0.2, 0.25) is 0 Å². The van der Waals surface area contributed by atoms with Crippen LogP contribution in [0.25, 0.3) is 0 Å². The van der Waals surface area contributed by atoms with Gasteiger partial charge in [0.25, 0.3) is 5.91 Å². The Balaban J connectivity index is 1.93. The smallest absolute Gasteiger partial charge is 0.254 e. The van der Waals surface area contributed by atoms with E-state index in [1.54, 1.807) is 38.7 Å². The molecule has 0 bridgehead atoms. The van der Waals surface area contributed by atoms with Gasteiger partial charge in [-0.15, -0.1) is 0 Å². The number of amides is 1. The SMILES string of the molecule is COc1cc(C(=O)N2CCCC2c2ccncc2)cc(OC)c1Br. The number of rotatable bonds is 4. The maximum atomic E-state index is 13.1. The summed E-state index contributed by atoms with van der Waals surface area (Å²) in [4.78, 5) is 19.0. The second-order valence-corrected chi connectivity index (χ2v) is 6.42. The number of carbonyl (C=O) groups is 1. The molecule has 0 spiro atoms. The predicted molar refractivity (Wildman–Crippen MR) is 94.5 cm³/mol. The number of aromatic nitrogens is 1. The molecule has 0 radical (unpaired) electrons. The van der Waals surface area contributed by atoms with Crippen molar-refractivity contribution in [3.05, 3.63) is 52.3 Å². The second-order valence-electron chi connectivity index (χ2n) is 5.63. The van der Waals surface area contributed by atoms with E-state index >= 15 is 0 Å². The fraction of sp³-hybridized carbons (Fsp3) is 0.333. The molecule has 1 amide bonds. The summed E-state index contributed by atoms with van der Waals surface area (Å²) in [6.07, 6.45) is 5.48. The van der Waals surface area contributed by atoms with Crippen LogP contribution in [0.5, 0.6) is 11.5 Å². The number of nitrogens with zero attached hydrogens (tertiary/aromatic N) is 2. The second kappa shape index (κ2) is 7.21. The molecule has 1 saturated heterocycles. The third kappa shape index (κ3) is 3.11. The monoisotopic (exact) mass is 390 g/mol. The van der Waals surface area contributed by atoms with Crippen LogP contribution >= 0.6 is 15.9 Å². The van der Waals surface area contributed by atoms with Crippen LogP contribution in [0.15, 0.2) is 41.1 Å². The van der Waals surface area contributed by atoms with Crippen molar-refractivity contribution in [3.63, 3.8) is 0 Å². The van der Waals surface area contributed by atoms with Gasteiger partial charge in [-0.2, -0.15) is 0 Å². The summed E-state index contributed by atoms with van der Waals surface area (Å²) < 4.78 is 11.4. The molecule has 24 heavy (non-hydrogen) atoms. The van der Waals surface area contributed by atoms with Crippen LogP contribution < -0.4 is 9.47 Å². The van der Waals surface area contributed by atoms with Gasteiger partial charge in [0, 0.05) is 24.5 Å². The van der Waals surface area contributed by atoms with Crippen LogP contribution in [0.4, 0.5) is 0 Å². The standard InChI is InChI=1S/C18H19BrN2O3/c1-23-15-10-13(11-16(24-2)17(15)19)18(22)21-9-3-4-14(21)12-5-7-20-8-6-12/h5-8,10-11,14H,3-4,9H2,1-2H3. The molecule has 2 aromatic rings. The molecule has 1 aliphatic heterocycles. The van der Waals surface area contributed by atoms with Gasteiger partial charge in [0.05, 0.1) is 20.3 Å². The maximum absolute atomic E-state index is 13.1. The minimum Gasteiger partial charge on any atom is -0.495 e. The van der Waals surface area contributed by atoms with E-state index in [1.165, 1.54) is 0 Å². The summed E-state index contributed by atoms with van der Waals surface area (Å²) in [5.41, 5.74) is 1.68. The Bertz CT molecular complexity index is 711. The number of hydrogen-bond donors (Lipinski definition) is 0. The number of likely N-dealkylation sites (tertiary alicyclic amines) is 1. The van der Waals surface area contributed by atoms with Gasteiger partial charge < -0.3 is 14.4 Å². The summed E-state index contributed by atoms with van der Waals surface area (Å²) in [7, 11) is 3.15. The Morgan fingerprint density at radius 1 is 1.21 bits per heavy atom. The number of pyridine rings is 1. The first-order valence-corrected chi connectivity index (χ1v) is 8.57. The molecule has 5 nitrogen and oxygen atoms in total. The van der Waals surface area contributed by atoms with Crippen LogP contribution in [0.3, 0.4) is 0 Å². The van der Waals surface area contributed by atoms with Crippen molar-refractivity contribution in [1.82, 2.24) is 9.88 Å². The summed E-state index contributed by atoms with van der Waals surface area (Å²) in [5.74, 6) is 1.15. The Labute approximate surface area is 149 Å². The molecule has 1 unspecified atom stereocenters. The van der Waals surface area contributed by atoms with Crippen LogP contribution in [0, 0.1) is 0 Å². The minimum atomic E-state index is -0.0154. The molecule has 1 atom stereocenters. The van der Waals surface area contributed by atoms with Crippen molar-refractivity contribution in [2.24, 2.45) is 0 Å². The minimum absolute atomic E-state index is 0.0154. The summed E-state index contributed by atoms with van der Waals surface area (Å²) >= 11 is 3.44. The fourth-order valence-corrected chi connectivity index (χ4v) is 3.65. The summed E-state index contributed by atoms with van der Waals surface area (Å²) in [5, 5.41) is 0. The van der Waals surface area contributed by atoms with Gasteiger partial charge in [-0.3, -0.25) is 9.78 Å². The highest BCUT2D eigenvalue weighted by Gasteiger charge is 2.31. The molecule has 6 heteroatoms. The lowest BCUT2D eigenvalue weighted by atomic mass is 10.1. The molecule has 0 N–H and O–H groups in total. The van der Waals surface area contributed by atoms with Gasteiger partial charge in [0.15, 0.2) is 0 Å². The molecular weight excluding hydrogens is 372 g/mol. The number of carbonyl (C=O) groups excluding carboxylic acids is 1. The first kappa shape index (κ1) is 16.8. The largest absolute Gasteiger partial charge is 0.495 e. The van der Waals surface area contributed by atoms with Gasteiger partial charge in [-0.25, -0.2) is 0 Å². The van der Waals surface area contributed by atoms with E-state index in [2.05, 4.69) is 20.9 Å². The lowest BCUT2D eigenvalue weighted by Crippen LogP contribution is -2.30. The fourth-order valence-electron chi connectivity index (χ4n) is 3.10. The van der Waals surface area contributed by atoms with Crippen molar-refractivity contribution in [2.45, 2.75) is 18.9 Å². The normalized spacial score (nSPS) is 17.0. The average molecular weight is 391 g/mol. The van der Waals surface area contributed by atoms with Crippen LogP contribution in [-0.2, 0) is 0 Å². The Kier molecular flexibility index (Phi) is 5.04. The van der Waals surface area contributed by atoms with E-state index < -0.39 is 0 Å². The van der Waals surface area contributed by atoms with Crippen molar-refractivity contribution in [2.75, 3.05) is 20.8 Å². The molecule has 1 aliphatic rings. The molecule has 1 aromatic heterocycles. The van der Waals surface area contributed by atoms with Crippen molar-refractivity contribution in [3.8, 4) is 11.5 Å². The zero-order chi connectivity index (χ0) is 17.1. The zero-order valence-corrected chi connectivity index (χ0v) is 15.2. The van der Waals surface area contributed by atoms with Crippen molar-refractivity contribution < 1.29 is 14.3 Å². The third-order valence-corrected chi connectivity index (χ3v) is 5.08. The van der Waals surface area contributed by atoms with E-state index in [1.807, 2.05) is 17.0 Å². The Hall–Kier alpha value is -2.08. The molecule has 1 fully saturated rings. The topological polar surface area (TPSA) is 51.7 Å². The Morgan fingerprint density at radius 3 is 2.42 bits per heavy atom. The highest BCUT2D eigenvalue weighted by atomic mass is 79.9. The van der Waals surface area contributed by atoms with Gasteiger partial charge in [-0.1, -0.05) is 0 Å². The van der Waals surface area contributed by atoms with Gasteiger partial charge in [0.1, 0.15) is 16.0 Å². The number of methoxy groups -OCH3 is 2. The highest BCUT2D eigenvalue weighted by Crippen LogP contribution is 2.38. The van der Waals surface area contributed by atoms with E-state index in [0.717, 1.165) is 24.9 Å². The van der Waals surface area contributed by atoms with Gasteiger partial charge >= 0.3 is 0 Å². The first-order chi connectivity index (χ1) is 11.7. The highest BCUT2D eigenvalue weighted by molar-refractivity contribution is 9.10. The predicted octanol–water partition coefficient (Wildman–Crippen LogP) is 3.84. The summed E-state index contributed by atoms with van der Waals surface area (Å²) in [6.45, 7) is 0.743. The molecular formula is C18H19BrN2O3. The average Bonchev–Trinajstić information content (AvgIpc) is 3.11. The van der Waals surface area contributed by atoms with E-state index in [9.17, 15) is 4.79 Å². The van der Waals surface area contributed by atoms with Gasteiger partial charge in [0.2, 0.25) is 0 Å². The first-order valence-electron chi connectivity index (χ1n) is 7.78. The van der Waals surface area contributed by atoms with Crippen LogP contribution in [0.1, 0.15) is 34.8 Å². The molecule has 1 aromatic carbocycles. The molecule has 126 valence electrons. The van der Waals surface area contributed by atoms with Crippen molar-refractivity contribution in [1.29, 1.82) is 0 Å². The van der Waals surface area contributed by atoms with E-state index in [4.69, 9.17) is 9.47 Å². The lowest BCUT2D eigenvalue weighted by Gasteiger charge is -2.25. The van der Waals surface area contributed by atoms with E-state index in [0.29, 0.717) is 21.5 Å². The number of benzene rings is 1. The maximum Gasteiger partial charge on any atom is 0.254 e. The molecule has 2 heterocycles.